The number of thioether (sulfide) groups is 1. The Morgan fingerprint density at radius 3 is 2.32 bits per heavy atom. The SMILES string of the molecule is COC(=O)[C@@H]1[C@@H](I)S[C@H](C(C)(C)C)N1C(=O)c1ccccc1. The quantitative estimate of drug-likeness (QED) is 0.407. The molecule has 0 spiro atoms. The Kier molecular flexibility index (Phi) is 5.42. The van der Waals surface area contributed by atoms with Crippen LogP contribution in [0.1, 0.15) is 31.1 Å². The summed E-state index contributed by atoms with van der Waals surface area (Å²) in [5, 5.41) is -0.0776. The van der Waals surface area contributed by atoms with Crippen LogP contribution in [0, 0.1) is 5.41 Å². The number of hydrogen-bond acceptors (Lipinski definition) is 4. The molecule has 1 fully saturated rings. The molecule has 1 aromatic carbocycles. The number of rotatable bonds is 2. The lowest BCUT2D eigenvalue weighted by atomic mass is 9.94. The van der Waals surface area contributed by atoms with Crippen LogP contribution < -0.4 is 0 Å². The Morgan fingerprint density at radius 2 is 1.82 bits per heavy atom. The van der Waals surface area contributed by atoms with E-state index in [0.29, 0.717) is 5.56 Å². The number of halogens is 1. The summed E-state index contributed by atoms with van der Waals surface area (Å²) in [5.41, 5.74) is 0.457. The van der Waals surface area contributed by atoms with E-state index in [4.69, 9.17) is 4.74 Å². The molecular formula is C16H20INO3S. The first-order chi connectivity index (χ1) is 10.3. The number of esters is 1. The van der Waals surface area contributed by atoms with Crippen molar-refractivity contribution >= 4 is 46.2 Å². The molecule has 6 heteroatoms. The van der Waals surface area contributed by atoms with E-state index in [2.05, 4.69) is 43.4 Å². The zero-order valence-electron chi connectivity index (χ0n) is 13.1. The molecule has 2 rings (SSSR count). The third kappa shape index (κ3) is 3.42. The van der Waals surface area contributed by atoms with Crippen molar-refractivity contribution in [2.75, 3.05) is 7.11 Å². The van der Waals surface area contributed by atoms with E-state index in [0.717, 1.165) is 0 Å². The van der Waals surface area contributed by atoms with Crippen molar-refractivity contribution in [1.29, 1.82) is 0 Å². The summed E-state index contributed by atoms with van der Waals surface area (Å²) in [6, 6.07) is 8.53. The molecule has 1 amide bonds. The summed E-state index contributed by atoms with van der Waals surface area (Å²) in [5.74, 6) is -0.481. The van der Waals surface area contributed by atoms with E-state index < -0.39 is 6.04 Å². The van der Waals surface area contributed by atoms with Gasteiger partial charge in [-0.1, -0.05) is 61.6 Å². The van der Waals surface area contributed by atoms with Crippen LogP contribution in [-0.4, -0.2) is 38.6 Å². The lowest BCUT2D eigenvalue weighted by Crippen LogP contribution is -2.50. The summed E-state index contributed by atoms with van der Waals surface area (Å²) < 4.78 is 4.90. The second-order valence-corrected chi connectivity index (χ2v) is 9.67. The monoisotopic (exact) mass is 433 g/mol. The number of alkyl halides is 1. The molecule has 0 unspecified atom stereocenters. The van der Waals surface area contributed by atoms with Gasteiger partial charge in [-0.15, -0.1) is 11.8 Å². The van der Waals surface area contributed by atoms with Gasteiger partial charge in [-0.25, -0.2) is 4.79 Å². The summed E-state index contributed by atoms with van der Waals surface area (Å²) >= 11 is 3.87. The second-order valence-electron chi connectivity index (χ2n) is 6.25. The predicted octanol–water partition coefficient (Wildman–Crippen LogP) is 3.55. The van der Waals surface area contributed by atoms with Crippen LogP contribution in [0.25, 0.3) is 0 Å². The molecule has 1 aliphatic rings. The lowest BCUT2D eigenvalue weighted by Gasteiger charge is -2.36. The predicted molar refractivity (Wildman–Crippen MR) is 97.1 cm³/mol. The van der Waals surface area contributed by atoms with Gasteiger partial charge in [0, 0.05) is 5.56 Å². The maximum atomic E-state index is 13.0. The zero-order chi connectivity index (χ0) is 16.5. The van der Waals surface area contributed by atoms with E-state index in [1.165, 1.54) is 7.11 Å². The summed E-state index contributed by atoms with van der Waals surface area (Å²) in [7, 11) is 1.37. The first-order valence-electron chi connectivity index (χ1n) is 7.02. The third-order valence-corrected chi connectivity index (χ3v) is 6.77. The molecule has 0 bridgehead atoms. The smallest absolute Gasteiger partial charge is 0.330 e. The molecule has 0 aliphatic carbocycles. The van der Waals surface area contributed by atoms with Crippen LogP contribution in [0.2, 0.25) is 0 Å². The highest BCUT2D eigenvalue weighted by Gasteiger charge is 2.51. The highest BCUT2D eigenvalue weighted by molar-refractivity contribution is 14.1. The molecule has 22 heavy (non-hydrogen) atoms. The van der Waals surface area contributed by atoms with Crippen LogP contribution >= 0.6 is 34.4 Å². The number of hydrogen-bond donors (Lipinski definition) is 0. The van der Waals surface area contributed by atoms with Gasteiger partial charge in [0.15, 0.2) is 6.04 Å². The molecule has 0 radical (unpaired) electrons. The fourth-order valence-electron chi connectivity index (χ4n) is 2.46. The third-order valence-electron chi connectivity index (χ3n) is 3.50. The van der Waals surface area contributed by atoms with Crippen molar-refractivity contribution in [2.24, 2.45) is 5.41 Å². The Labute approximate surface area is 149 Å². The van der Waals surface area contributed by atoms with Crippen LogP contribution in [0.15, 0.2) is 30.3 Å². The molecule has 1 aromatic rings. The fraction of sp³-hybridized carbons (Fsp3) is 0.500. The van der Waals surface area contributed by atoms with Gasteiger partial charge >= 0.3 is 5.97 Å². The Morgan fingerprint density at radius 1 is 1.23 bits per heavy atom. The molecular weight excluding hydrogens is 413 g/mol. The minimum Gasteiger partial charge on any atom is -0.467 e. The standard InChI is InChI=1S/C16H20INO3S/c1-16(2,3)15-18(11(12(17)22-15)14(20)21-4)13(19)10-8-6-5-7-9-10/h5-9,11-12,15H,1-4H3/t11-,12-,15+/m0/s1. The molecule has 1 heterocycles. The maximum Gasteiger partial charge on any atom is 0.330 e. The number of amides is 1. The number of methoxy groups -OCH3 is 1. The zero-order valence-corrected chi connectivity index (χ0v) is 16.1. The van der Waals surface area contributed by atoms with E-state index in [-0.39, 0.29) is 25.9 Å². The highest BCUT2D eigenvalue weighted by Crippen LogP contribution is 2.47. The number of ether oxygens (including phenoxy) is 1. The first-order valence-corrected chi connectivity index (χ1v) is 9.21. The van der Waals surface area contributed by atoms with Crippen LogP contribution in [0.4, 0.5) is 0 Å². The normalized spacial score (nSPS) is 25.1. The van der Waals surface area contributed by atoms with Crippen LogP contribution in [0.3, 0.4) is 0 Å². The van der Waals surface area contributed by atoms with Crippen LogP contribution in [-0.2, 0) is 9.53 Å². The van der Waals surface area contributed by atoms with Gasteiger partial charge in [0.25, 0.3) is 5.91 Å². The lowest BCUT2D eigenvalue weighted by molar-refractivity contribution is -0.145. The Hall–Kier alpha value is -0.760. The number of nitrogens with zero attached hydrogens (tertiary/aromatic N) is 1. The van der Waals surface area contributed by atoms with Gasteiger partial charge in [-0.3, -0.25) is 4.79 Å². The van der Waals surface area contributed by atoms with Crippen molar-refractivity contribution in [3.8, 4) is 0 Å². The molecule has 1 saturated heterocycles. The topological polar surface area (TPSA) is 46.6 Å². The summed E-state index contributed by atoms with van der Waals surface area (Å²) in [6.45, 7) is 6.25. The van der Waals surface area contributed by atoms with Gasteiger partial charge in [-0.2, -0.15) is 0 Å². The number of benzene rings is 1. The minimum absolute atomic E-state index is 0.0260. The van der Waals surface area contributed by atoms with Crippen molar-refractivity contribution < 1.29 is 14.3 Å². The average molecular weight is 433 g/mol. The Bertz CT molecular complexity index is 558. The van der Waals surface area contributed by atoms with E-state index in [1.807, 2.05) is 18.2 Å². The molecule has 0 saturated carbocycles. The largest absolute Gasteiger partial charge is 0.467 e. The van der Waals surface area contributed by atoms with E-state index >= 15 is 0 Å². The van der Waals surface area contributed by atoms with Gasteiger partial charge in [0.1, 0.15) is 0 Å². The molecule has 4 nitrogen and oxygen atoms in total. The fourth-order valence-corrected chi connectivity index (χ4v) is 5.34. The van der Waals surface area contributed by atoms with Gasteiger partial charge < -0.3 is 9.64 Å². The van der Waals surface area contributed by atoms with Gasteiger partial charge in [0.05, 0.1) is 15.7 Å². The van der Waals surface area contributed by atoms with Crippen LogP contribution in [0.5, 0.6) is 0 Å². The van der Waals surface area contributed by atoms with Crippen molar-refractivity contribution in [3.05, 3.63) is 35.9 Å². The Balaban J connectivity index is 2.43. The number of carbonyl (C=O) groups excluding carboxylic acids is 2. The summed E-state index contributed by atoms with van der Waals surface area (Å²) in [6.07, 6.45) is 0. The van der Waals surface area contributed by atoms with Crippen molar-refractivity contribution in [1.82, 2.24) is 4.90 Å². The molecule has 1 aliphatic heterocycles. The van der Waals surface area contributed by atoms with Gasteiger partial charge in [-0.05, 0) is 17.5 Å². The second kappa shape index (κ2) is 6.78. The molecule has 0 aromatic heterocycles. The average Bonchev–Trinajstić information content (AvgIpc) is 2.84. The van der Waals surface area contributed by atoms with E-state index in [9.17, 15) is 9.59 Å². The number of carbonyl (C=O) groups is 2. The minimum atomic E-state index is -0.562. The molecule has 0 N–H and O–H groups in total. The summed E-state index contributed by atoms with van der Waals surface area (Å²) in [4.78, 5) is 26.9. The highest BCUT2D eigenvalue weighted by atomic mass is 127. The molecule has 120 valence electrons. The first kappa shape index (κ1) is 17.6. The van der Waals surface area contributed by atoms with Gasteiger partial charge in [0.2, 0.25) is 0 Å². The van der Waals surface area contributed by atoms with Crippen molar-refractivity contribution in [2.45, 2.75) is 35.4 Å². The van der Waals surface area contributed by atoms with Crippen molar-refractivity contribution in [3.63, 3.8) is 0 Å². The molecule has 3 atom stereocenters. The maximum absolute atomic E-state index is 13.0. The van der Waals surface area contributed by atoms with E-state index in [1.54, 1.807) is 28.8 Å².